The summed E-state index contributed by atoms with van der Waals surface area (Å²) in [7, 11) is 0. The summed E-state index contributed by atoms with van der Waals surface area (Å²) in [6, 6.07) is 3.60. The average Bonchev–Trinajstić information content (AvgIpc) is 3.39. The Hall–Kier alpha value is -2.67. The molecule has 2 bridgehead atoms. The van der Waals surface area contributed by atoms with E-state index in [-0.39, 0.29) is 31.0 Å². The van der Waals surface area contributed by atoms with Gasteiger partial charge in [0.05, 0.1) is 25.4 Å². The highest BCUT2D eigenvalue weighted by molar-refractivity contribution is 9.10. The maximum atomic E-state index is 14.0. The molecule has 2 saturated heterocycles. The number of morpholine rings is 1. The number of hydrogen-bond acceptors (Lipinski definition) is 9. The fourth-order valence-electron chi connectivity index (χ4n) is 5.52. The number of nitrogens with zero attached hydrogens (tertiary/aromatic N) is 3. The number of carboxylic acid groups (broad SMARTS) is 1. The van der Waals surface area contributed by atoms with Crippen LogP contribution in [0.3, 0.4) is 0 Å². The third-order valence-electron chi connectivity index (χ3n) is 7.09. The summed E-state index contributed by atoms with van der Waals surface area (Å²) in [4.78, 5) is 36.4. The lowest BCUT2D eigenvalue weighted by Gasteiger charge is -2.49. The standard InChI is InChI=1S/C26H28BrFN4O5S/c1-2-37-26(35)22-20(11-32-16-7-14(9-21(33)34)8-17(32)13-36-12-16)30-24(25-29-5-6-38-25)31-23(22)18-4-3-15(28)10-19(18)27/h3-6,10,14,16-17,23H,2,7-9,11-13H2,1H3,(H,30,31)(H,33,34)/t14?,16-,17+,23-/m0/s1. The minimum Gasteiger partial charge on any atom is -0.481 e. The highest BCUT2D eigenvalue weighted by Crippen LogP contribution is 2.39. The van der Waals surface area contributed by atoms with Crippen molar-refractivity contribution in [3.63, 3.8) is 0 Å². The second-order valence-corrected chi connectivity index (χ2v) is 11.3. The Kier molecular flexibility index (Phi) is 8.22. The molecule has 3 aliphatic heterocycles. The normalized spacial score (nSPS) is 25.5. The summed E-state index contributed by atoms with van der Waals surface area (Å²) < 4.78 is 25.8. The number of aromatic nitrogens is 1. The van der Waals surface area contributed by atoms with Crippen LogP contribution in [0.2, 0.25) is 0 Å². The molecule has 38 heavy (non-hydrogen) atoms. The van der Waals surface area contributed by atoms with E-state index >= 15 is 0 Å². The van der Waals surface area contributed by atoms with Gasteiger partial charge < -0.3 is 19.9 Å². The molecule has 5 rings (SSSR count). The quantitative estimate of drug-likeness (QED) is 0.435. The molecule has 0 saturated carbocycles. The van der Waals surface area contributed by atoms with E-state index in [0.29, 0.717) is 64.7 Å². The van der Waals surface area contributed by atoms with Gasteiger partial charge in [-0.15, -0.1) is 11.3 Å². The fraction of sp³-hybridized carbons (Fsp3) is 0.462. The number of thiazole rings is 1. The number of rotatable bonds is 8. The van der Waals surface area contributed by atoms with Crippen molar-refractivity contribution >= 4 is 45.0 Å². The monoisotopic (exact) mass is 606 g/mol. The number of fused-ring (bicyclic) bond motifs is 2. The van der Waals surface area contributed by atoms with Crippen LogP contribution < -0.4 is 5.32 Å². The molecule has 9 nitrogen and oxygen atoms in total. The largest absolute Gasteiger partial charge is 0.481 e. The number of esters is 1. The number of piperidine rings is 1. The minimum atomic E-state index is -0.791. The van der Waals surface area contributed by atoms with Gasteiger partial charge in [0.25, 0.3) is 0 Å². The average molecular weight is 608 g/mol. The third kappa shape index (κ3) is 5.68. The Morgan fingerprint density at radius 1 is 1.32 bits per heavy atom. The second kappa shape index (κ2) is 11.6. The number of benzene rings is 1. The van der Waals surface area contributed by atoms with Crippen molar-refractivity contribution in [3.05, 3.63) is 61.9 Å². The van der Waals surface area contributed by atoms with Crippen LogP contribution in [-0.4, -0.2) is 71.2 Å². The van der Waals surface area contributed by atoms with Crippen LogP contribution in [0.15, 0.2) is 50.5 Å². The summed E-state index contributed by atoms with van der Waals surface area (Å²) >= 11 is 4.88. The zero-order chi connectivity index (χ0) is 26.8. The van der Waals surface area contributed by atoms with Crippen molar-refractivity contribution < 1.29 is 28.6 Å². The van der Waals surface area contributed by atoms with Crippen LogP contribution in [0.25, 0.3) is 0 Å². The number of halogens is 2. The number of nitrogens with one attached hydrogen (secondary N) is 1. The third-order valence-corrected chi connectivity index (χ3v) is 8.55. The summed E-state index contributed by atoms with van der Waals surface area (Å²) in [5, 5.41) is 15.2. The molecule has 1 aromatic carbocycles. The molecule has 1 unspecified atom stereocenters. The van der Waals surface area contributed by atoms with E-state index in [1.165, 1.54) is 23.5 Å². The first-order valence-electron chi connectivity index (χ1n) is 12.5. The lowest BCUT2D eigenvalue weighted by molar-refractivity contribution is -0.141. The van der Waals surface area contributed by atoms with Crippen LogP contribution in [0.4, 0.5) is 4.39 Å². The van der Waals surface area contributed by atoms with Crippen LogP contribution in [-0.2, 0) is 19.1 Å². The van der Waals surface area contributed by atoms with Crippen molar-refractivity contribution in [1.29, 1.82) is 0 Å². The molecule has 202 valence electrons. The molecule has 2 N–H and O–H groups in total. The SMILES string of the molecule is CCOC(=O)C1=C(CN2[C@@H]3COC[C@H]2CC(CC(=O)O)C3)NC(c2nccs2)=N[C@H]1c1ccc(F)cc1Br. The topological polar surface area (TPSA) is 113 Å². The van der Waals surface area contributed by atoms with Gasteiger partial charge in [0.15, 0.2) is 10.8 Å². The molecule has 1 aromatic heterocycles. The highest BCUT2D eigenvalue weighted by Gasteiger charge is 2.42. The van der Waals surface area contributed by atoms with Crippen LogP contribution >= 0.6 is 27.3 Å². The van der Waals surface area contributed by atoms with Gasteiger partial charge >= 0.3 is 11.9 Å². The molecule has 0 aliphatic carbocycles. The zero-order valence-electron chi connectivity index (χ0n) is 20.7. The first-order valence-corrected chi connectivity index (χ1v) is 14.2. The van der Waals surface area contributed by atoms with Gasteiger partial charge in [-0.25, -0.2) is 14.2 Å². The van der Waals surface area contributed by atoms with Crippen molar-refractivity contribution in [2.24, 2.45) is 10.9 Å². The van der Waals surface area contributed by atoms with Crippen molar-refractivity contribution in [1.82, 2.24) is 15.2 Å². The van der Waals surface area contributed by atoms with Crippen LogP contribution in [0, 0.1) is 11.7 Å². The van der Waals surface area contributed by atoms with E-state index in [2.05, 4.69) is 31.1 Å². The summed E-state index contributed by atoms with van der Waals surface area (Å²) in [5.41, 5.74) is 1.62. The number of amidine groups is 1. The Balaban J connectivity index is 1.55. The van der Waals surface area contributed by atoms with Crippen LogP contribution in [0.1, 0.15) is 42.8 Å². The molecule has 0 radical (unpaired) electrons. The number of aliphatic carboxylic acids is 1. The van der Waals surface area contributed by atoms with Gasteiger partial charge in [-0.1, -0.05) is 22.0 Å². The van der Waals surface area contributed by atoms with E-state index in [1.54, 1.807) is 19.2 Å². The number of hydrogen-bond donors (Lipinski definition) is 2. The summed E-state index contributed by atoms with van der Waals surface area (Å²) in [6.07, 6.45) is 3.22. The van der Waals surface area contributed by atoms with Gasteiger partial charge in [0.1, 0.15) is 11.9 Å². The zero-order valence-corrected chi connectivity index (χ0v) is 23.1. The molecule has 2 fully saturated rings. The van der Waals surface area contributed by atoms with Gasteiger partial charge in [-0.2, -0.15) is 0 Å². The molecule has 3 aliphatic rings. The molecule has 0 amide bonds. The summed E-state index contributed by atoms with van der Waals surface area (Å²) in [6.45, 7) is 3.32. The lowest BCUT2D eigenvalue weighted by Crippen LogP contribution is -2.58. The van der Waals surface area contributed by atoms with Crippen LogP contribution in [0.5, 0.6) is 0 Å². The van der Waals surface area contributed by atoms with E-state index in [0.717, 1.165) is 0 Å². The predicted octanol–water partition coefficient (Wildman–Crippen LogP) is 3.91. The first kappa shape index (κ1) is 26.9. The lowest BCUT2D eigenvalue weighted by atomic mass is 9.82. The second-order valence-electron chi connectivity index (χ2n) is 9.57. The fourth-order valence-corrected chi connectivity index (χ4v) is 6.68. The Morgan fingerprint density at radius 2 is 2.08 bits per heavy atom. The molecule has 4 heterocycles. The van der Waals surface area contributed by atoms with Gasteiger partial charge in [-0.3, -0.25) is 14.7 Å². The number of ether oxygens (including phenoxy) is 2. The van der Waals surface area contributed by atoms with E-state index in [4.69, 9.17) is 14.5 Å². The van der Waals surface area contributed by atoms with Crippen molar-refractivity contribution in [2.75, 3.05) is 26.4 Å². The Labute approximate surface area is 231 Å². The number of aliphatic imine (C=N–C) groups is 1. The molecule has 2 aromatic rings. The molecule has 12 heteroatoms. The number of carboxylic acids is 1. The highest BCUT2D eigenvalue weighted by atomic mass is 79.9. The molecule has 0 spiro atoms. The predicted molar refractivity (Wildman–Crippen MR) is 142 cm³/mol. The van der Waals surface area contributed by atoms with Crippen molar-refractivity contribution in [2.45, 2.75) is 44.3 Å². The molecular formula is C26H28BrFN4O5S. The van der Waals surface area contributed by atoms with E-state index in [9.17, 15) is 19.1 Å². The smallest absolute Gasteiger partial charge is 0.338 e. The maximum Gasteiger partial charge on any atom is 0.338 e. The number of carbonyl (C=O) groups is 2. The maximum absolute atomic E-state index is 14.0. The molecular weight excluding hydrogens is 579 g/mol. The minimum absolute atomic E-state index is 0.0165. The first-order chi connectivity index (χ1) is 18.3. The van der Waals surface area contributed by atoms with Crippen molar-refractivity contribution in [3.8, 4) is 0 Å². The van der Waals surface area contributed by atoms with E-state index < -0.39 is 23.8 Å². The number of carbonyl (C=O) groups excluding carboxylic acids is 1. The summed E-state index contributed by atoms with van der Waals surface area (Å²) in [5.74, 6) is -1.10. The van der Waals surface area contributed by atoms with Gasteiger partial charge in [0, 0.05) is 46.8 Å². The van der Waals surface area contributed by atoms with Gasteiger partial charge in [0.2, 0.25) is 0 Å². The molecule has 4 atom stereocenters. The Morgan fingerprint density at radius 3 is 2.71 bits per heavy atom. The Bertz CT molecular complexity index is 1260. The van der Waals surface area contributed by atoms with Gasteiger partial charge in [-0.05, 0) is 43.4 Å². The van der Waals surface area contributed by atoms with E-state index in [1.807, 2.05) is 5.38 Å².